The highest BCUT2D eigenvalue weighted by atomic mass is 32.1. The summed E-state index contributed by atoms with van der Waals surface area (Å²) >= 11 is 1.46. The van der Waals surface area contributed by atoms with Gasteiger partial charge in [0, 0.05) is 24.3 Å². The van der Waals surface area contributed by atoms with Gasteiger partial charge in [-0.05, 0) is 0 Å². The predicted octanol–water partition coefficient (Wildman–Crippen LogP) is 1.63. The largest absolute Gasteiger partial charge is 0.411 e. The molecule has 20 heavy (non-hydrogen) atoms. The first-order chi connectivity index (χ1) is 9.44. The zero-order valence-electron chi connectivity index (χ0n) is 10.3. The van der Waals surface area contributed by atoms with Crippen LogP contribution in [0.1, 0.15) is 5.69 Å². The molecule has 1 N–H and O–H groups in total. The van der Waals surface area contributed by atoms with Crippen molar-refractivity contribution in [2.75, 3.05) is 19.8 Å². The molecule has 110 valence electrons. The van der Waals surface area contributed by atoms with Gasteiger partial charge in [-0.1, -0.05) is 0 Å². The molecule has 0 aliphatic carbocycles. The Morgan fingerprint density at radius 1 is 1.50 bits per heavy atom. The van der Waals surface area contributed by atoms with E-state index in [1.165, 1.54) is 11.3 Å². The summed E-state index contributed by atoms with van der Waals surface area (Å²) in [7, 11) is 0. The number of ether oxygens (including phenoxy) is 1. The van der Waals surface area contributed by atoms with Gasteiger partial charge in [0.2, 0.25) is 5.91 Å². The third kappa shape index (κ3) is 4.49. The summed E-state index contributed by atoms with van der Waals surface area (Å²) in [6, 6.07) is 0. The molecular formula is C11H12F3N3O2S. The lowest BCUT2D eigenvalue weighted by atomic mass is 10.3. The van der Waals surface area contributed by atoms with Gasteiger partial charge in [0.1, 0.15) is 6.61 Å². The fraction of sp³-hybridized carbons (Fsp3) is 0.455. The van der Waals surface area contributed by atoms with Gasteiger partial charge in [-0.3, -0.25) is 9.20 Å². The van der Waals surface area contributed by atoms with Crippen molar-refractivity contribution in [3.05, 3.63) is 23.5 Å². The number of hydrogen-bond donors (Lipinski definition) is 1. The van der Waals surface area contributed by atoms with Gasteiger partial charge in [0.15, 0.2) is 4.96 Å². The van der Waals surface area contributed by atoms with E-state index in [-0.39, 0.29) is 25.5 Å². The van der Waals surface area contributed by atoms with Crippen LogP contribution in [0.3, 0.4) is 0 Å². The van der Waals surface area contributed by atoms with Crippen LogP contribution in [0.5, 0.6) is 0 Å². The molecule has 0 bridgehead atoms. The third-order valence-corrected chi connectivity index (χ3v) is 3.09. The van der Waals surface area contributed by atoms with E-state index in [1.807, 2.05) is 11.6 Å². The van der Waals surface area contributed by atoms with Crippen LogP contribution in [0.4, 0.5) is 13.2 Å². The van der Waals surface area contributed by atoms with Crippen LogP contribution in [0, 0.1) is 0 Å². The molecule has 0 aromatic carbocycles. The molecule has 2 aromatic rings. The fourth-order valence-corrected chi connectivity index (χ4v) is 2.26. The smallest absolute Gasteiger partial charge is 0.370 e. The fourth-order valence-electron chi connectivity index (χ4n) is 1.54. The van der Waals surface area contributed by atoms with E-state index in [1.54, 1.807) is 10.6 Å². The first-order valence-corrected chi connectivity index (χ1v) is 6.64. The number of aromatic nitrogens is 2. The van der Waals surface area contributed by atoms with Crippen molar-refractivity contribution in [2.24, 2.45) is 0 Å². The number of carbonyl (C=O) groups is 1. The number of alkyl halides is 3. The van der Waals surface area contributed by atoms with Crippen LogP contribution in [0.25, 0.3) is 4.96 Å². The molecular weight excluding hydrogens is 295 g/mol. The Morgan fingerprint density at radius 3 is 3.00 bits per heavy atom. The Morgan fingerprint density at radius 2 is 2.30 bits per heavy atom. The lowest BCUT2D eigenvalue weighted by Gasteiger charge is -2.08. The van der Waals surface area contributed by atoms with Gasteiger partial charge in [-0.15, -0.1) is 11.3 Å². The lowest BCUT2D eigenvalue weighted by molar-refractivity contribution is -0.173. The standard InChI is InChI=1S/C11H12F3N3O2S/c12-11(13,14)7-19-3-1-15-9(18)5-8-6-17-2-4-20-10(17)16-8/h2,4,6H,1,3,5,7H2,(H,15,18). The summed E-state index contributed by atoms with van der Waals surface area (Å²) in [6.45, 7) is -1.44. The van der Waals surface area contributed by atoms with Crippen molar-refractivity contribution < 1.29 is 22.7 Å². The monoisotopic (exact) mass is 307 g/mol. The van der Waals surface area contributed by atoms with Gasteiger partial charge in [-0.2, -0.15) is 13.2 Å². The average molecular weight is 307 g/mol. The van der Waals surface area contributed by atoms with Crippen LogP contribution in [0.2, 0.25) is 0 Å². The van der Waals surface area contributed by atoms with Crippen LogP contribution in [-0.2, 0) is 16.0 Å². The van der Waals surface area contributed by atoms with Gasteiger partial charge >= 0.3 is 6.18 Å². The molecule has 2 rings (SSSR count). The van der Waals surface area contributed by atoms with E-state index in [4.69, 9.17) is 0 Å². The van der Waals surface area contributed by atoms with Crippen molar-refractivity contribution in [3.8, 4) is 0 Å². The summed E-state index contributed by atoms with van der Waals surface area (Å²) in [5, 5.41) is 4.36. The highest BCUT2D eigenvalue weighted by molar-refractivity contribution is 7.15. The molecule has 0 atom stereocenters. The van der Waals surface area contributed by atoms with Crippen LogP contribution >= 0.6 is 11.3 Å². The molecule has 0 aliphatic heterocycles. The van der Waals surface area contributed by atoms with Gasteiger partial charge in [0.05, 0.1) is 18.7 Å². The highest BCUT2D eigenvalue weighted by Gasteiger charge is 2.27. The van der Waals surface area contributed by atoms with E-state index in [0.29, 0.717) is 5.69 Å². The first kappa shape index (κ1) is 14.8. The van der Waals surface area contributed by atoms with E-state index < -0.39 is 12.8 Å². The first-order valence-electron chi connectivity index (χ1n) is 5.76. The number of carbonyl (C=O) groups excluding carboxylic acids is 1. The SMILES string of the molecule is O=C(Cc1cn2ccsc2n1)NCCOCC(F)(F)F. The third-order valence-electron chi connectivity index (χ3n) is 2.32. The van der Waals surface area contributed by atoms with Crippen molar-refractivity contribution in [2.45, 2.75) is 12.6 Å². The number of fused-ring (bicyclic) bond motifs is 1. The number of halogens is 3. The number of hydrogen-bond acceptors (Lipinski definition) is 4. The Balaban J connectivity index is 1.67. The minimum absolute atomic E-state index is 0.0388. The van der Waals surface area contributed by atoms with Crippen LogP contribution in [-0.4, -0.2) is 41.2 Å². The number of amides is 1. The molecule has 2 heterocycles. The molecule has 0 saturated carbocycles. The topological polar surface area (TPSA) is 55.6 Å². The van der Waals surface area contributed by atoms with E-state index >= 15 is 0 Å². The number of nitrogens with zero attached hydrogens (tertiary/aromatic N) is 2. The maximum Gasteiger partial charge on any atom is 0.411 e. The molecule has 0 fully saturated rings. The number of rotatable bonds is 6. The molecule has 0 aliphatic rings. The van der Waals surface area contributed by atoms with E-state index in [0.717, 1.165) is 4.96 Å². The Labute approximate surface area is 116 Å². The maximum atomic E-state index is 11.8. The highest BCUT2D eigenvalue weighted by Crippen LogP contribution is 2.14. The van der Waals surface area contributed by atoms with Crippen molar-refractivity contribution >= 4 is 22.2 Å². The number of thiazole rings is 1. The minimum atomic E-state index is -4.34. The van der Waals surface area contributed by atoms with Gasteiger partial charge in [0.25, 0.3) is 0 Å². The van der Waals surface area contributed by atoms with Crippen molar-refractivity contribution in [1.29, 1.82) is 0 Å². The molecule has 0 spiro atoms. The number of imidazole rings is 1. The second kappa shape index (κ2) is 6.23. The van der Waals surface area contributed by atoms with Gasteiger partial charge in [-0.25, -0.2) is 4.98 Å². The molecule has 2 aromatic heterocycles. The summed E-state index contributed by atoms with van der Waals surface area (Å²) in [5.41, 5.74) is 0.616. The molecule has 0 saturated heterocycles. The summed E-state index contributed by atoms with van der Waals surface area (Å²) in [5.74, 6) is -0.300. The molecule has 0 unspecified atom stereocenters. The van der Waals surface area contributed by atoms with Crippen molar-refractivity contribution in [3.63, 3.8) is 0 Å². The number of nitrogens with one attached hydrogen (secondary N) is 1. The Hall–Kier alpha value is -1.61. The average Bonchev–Trinajstić information content (AvgIpc) is 2.87. The molecule has 0 radical (unpaired) electrons. The molecule has 9 heteroatoms. The van der Waals surface area contributed by atoms with Gasteiger partial charge < -0.3 is 10.1 Å². The van der Waals surface area contributed by atoms with Crippen LogP contribution < -0.4 is 5.32 Å². The normalized spacial score (nSPS) is 11.9. The second-order valence-corrected chi connectivity index (χ2v) is 4.89. The zero-order valence-corrected chi connectivity index (χ0v) is 11.1. The second-order valence-electron chi connectivity index (χ2n) is 4.02. The Bertz CT molecular complexity index is 550. The maximum absolute atomic E-state index is 11.8. The van der Waals surface area contributed by atoms with Crippen molar-refractivity contribution in [1.82, 2.24) is 14.7 Å². The quantitative estimate of drug-likeness (QED) is 0.825. The summed E-state index contributed by atoms with van der Waals surface area (Å²) < 4.78 is 41.5. The Kier molecular flexibility index (Phi) is 4.61. The van der Waals surface area contributed by atoms with E-state index in [2.05, 4.69) is 15.0 Å². The lowest BCUT2D eigenvalue weighted by Crippen LogP contribution is -2.30. The van der Waals surface area contributed by atoms with Crippen LogP contribution in [0.15, 0.2) is 17.8 Å². The summed E-state index contributed by atoms with van der Waals surface area (Å²) in [4.78, 5) is 16.6. The minimum Gasteiger partial charge on any atom is -0.370 e. The molecule has 1 amide bonds. The predicted molar refractivity (Wildman–Crippen MR) is 66.7 cm³/mol. The van der Waals surface area contributed by atoms with E-state index in [9.17, 15) is 18.0 Å². The summed E-state index contributed by atoms with van der Waals surface area (Å²) in [6.07, 6.45) is -0.676. The zero-order chi connectivity index (χ0) is 14.6. The molecule has 5 nitrogen and oxygen atoms in total.